The zero-order valence-electron chi connectivity index (χ0n) is 14.5. The molecule has 1 amide bonds. The van der Waals surface area contributed by atoms with E-state index in [0.29, 0.717) is 0 Å². The molecule has 0 fully saturated rings. The van der Waals surface area contributed by atoms with Crippen LogP contribution in [0.5, 0.6) is 0 Å². The number of hydrogen-bond acceptors (Lipinski definition) is 4. The molecule has 3 N–H and O–H groups in total. The monoisotopic (exact) mass is 356 g/mol. The molecule has 0 spiro atoms. The number of carboxylic acids is 1. The molecule has 0 bridgehead atoms. The molecule has 1 unspecified atom stereocenters. The second kappa shape index (κ2) is 6.90. The second-order valence-corrected chi connectivity index (χ2v) is 8.51. The number of carboxylic acid groups (broad SMARTS) is 1. The van der Waals surface area contributed by atoms with E-state index < -0.39 is 33.0 Å². The van der Waals surface area contributed by atoms with Gasteiger partial charge in [-0.15, -0.1) is 0 Å². The van der Waals surface area contributed by atoms with Crippen LogP contribution < -0.4 is 10.0 Å². The Hall–Kier alpha value is -1.93. The number of carbonyl (C=O) groups is 2. The number of nitrogens with one attached hydrogen (secondary N) is 2. The Morgan fingerprint density at radius 3 is 1.96 bits per heavy atom. The predicted molar refractivity (Wildman–Crippen MR) is 90.3 cm³/mol. The Bertz CT molecular complexity index is 720. The van der Waals surface area contributed by atoms with Crippen molar-refractivity contribution in [2.75, 3.05) is 0 Å². The van der Waals surface area contributed by atoms with E-state index in [2.05, 4.69) is 10.0 Å². The van der Waals surface area contributed by atoms with Gasteiger partial charge in [-0.05, 0) is 58.4 Å². The van der Waals surface area contributed by atoms with Gasteiger partial charge in [-0.25, -0.2) is 17.9 Å². The summed E-state index contributed by atoms with van der Waals surface area (Å²) in [5.74, 6) is -1.71. The van der Waals surface area contributed by atoms with E-state index in [1.165, 1.54) is 31.2 Å². The maximum atomic E-state index is 12.2. The lowest BCUT2D eigenvalue weighted by Gasteiger charge is -2.24. The Kier molecular flexibility index (Phi) is 5.78. The van der Waals surface area contributed by atoms with Crippen molar-refractivity contribution in [2.24, 2.45) is 0 Å². The van der Waals surface area contributed by atoms with E-state index in [1.807, 2.05) is 0 Å². The summed E-state index contributed by atoms with van der Waals surface area (Å²) in [5.41, 5.74) is -1.82. The third-order valence-corrected chi connectivity index (χ3v) is 5.21. The predicted octanol–water partition coefficient (Wildman–Crippen LogP) is 1.75. The molecule has 0 aliphatic carbocycles. The molecule has 134 valence electrons. The molecule has 1 aromatic rings. The molecule has 0 saturated carbocycles. The average Bonchev–Trinajstić information content (AvgIpc) is 2.44. The van der Waals surface area contributed by atoms with E-state index in [-0.39, 0.29) is 16.9 Å². The highest BCUT2D eigenvalue weighted by atomic mass is 32.2. The van der Waals surface area contributed by atoms with Crippen molar-refractivity contribution in [1.29, 1.82) is 0 Å². The van der Waals surface area contributed by atoms with Crippen molar-refractivity contribution < 1.29 is 23.1 Å². The van der Waals surface area contributed by atoms with Gasteiger partial charge in [-0.2, -0.15) is 0 Å². The van der Waals surface area contributed by atoms with Crippen molar-refractivity contribution >= 4 is 21.9 Å². The maximum absolute atomic E-state index is 12.2. The van der Waals surface area contributed by atoms with Crippen LogP contribution in [0.15, 0.2) is 29.2 Å². The zero-order valence-corrected chi connectivity index (χ0v) is 15.3. The van der Waals surface area contributed by atoms with Gasteiger partial charge in [0.05, 0.1) is 4.90 Å². The molecule has 0 aromatic heterocycles. The summed E-state index contributed by atoms with van der Waals surface area (Å²) in [6.45, 7) is 8.25. The molecule has 0 aliphatic heterocycles. The number of benzene rings is 1. The number of rotatable bonds is 6. The molecular formula is C16H24N2O5S. The van der Waals surface area contributed by atoms with Crippen LogP contribution in [0.25, 0.3) is 0 Å². The van der Waals surface area contributed by atoms with Gasteiger partial charge in [0.2, 0.25) is 10.0 Å². The Labute approximate surface area is 142 Å². The topological polar surface area (TPSA) is 113 Å². The van der Waals surface area contributed by atoms with Crippen LogP contribution in [-0.4, -0.2) is 36.5 Å². The summed E-state index contributed by atoms with van der Waals surface area (Å²) >= 11 is 0. The lowest BCUT2D eigenvalue weighted by atomic mass is 9.98. The zero-order chi connectivity index (χ0) is 18.8. The largest absolute Gasteiger partial charge is 0.480 e. The Morgan fingerprint density at radius 1 is 1.08 bits per heavy atom. The summed E-state index contributed by atoms with van der Waals surface area (Å²) in [5, 5.41) is 11.6. The number of aliphatic carboxylic acids is 1. The molecular weight excluding hydrogens is 332 g/mol. The minimum atomic E-state index is -3.69. The van der Waals surface area contributed by atoms with Gasteiger partial charge in [0.1, 0.15) is 5.54 Å². The van der Waals surface area contributed by atoms with Crippen LogP contribution in [-0.2, 0) is 14.8 Å². The van der Waals surface area contributed by atoms with Gasteiger partial charge >= 0.3 is 5.97 Å². The summed E-state index contributed by atoms with van der Waals surface area (Å²) in [6, 6.07) is 5.33. The van der Waals surface area contributed by atoms with Crippen molar-refractivity contribution in [1.82, 2.24) is 10.0 Å². The van der Waals surface area contributed by atoms with Gasteiger partial charge in [0, 0.05) is 11.1 Å². The van der Waals surface area contributed by atoms with Crippen molar-refractivity contribution in [2.45, 2.75) is 57.0 Å². The first-order valence-electron chi connectivity index (χ1n) is 7.51. The van der Waals surface area contributed by atoms with Crippen molar-refractivity contribution in [3.05, 3.63) is 29.8 Å². The van der Waals surface area contributed by atoms with Crippen LogP contribution >= 0.6 is 0 Å². The minimum Gasteiger partial charge on any atom is -0.480 e. The highest BCUT2D eigenvalue weighted by Crippen LogP contribution is 2.15. The number of hydrogen-bond donors (Lipinski definition) is 3. The first kappa shape index (κ1) is 20.1. The first-order chi connectivity index (χ1) is 10.8. The molecule has 7 nitrogen and oxygen atoms in total. The summed E-state index contributed by atoms with van der Waals surface area (Å²) in [7, 11) is -3.69. The van der Waals surface area contributed by atoms with E-state index in [0.717, 1.165) is 0 Å². The fourth-order valence-electron chi connectivity index (χ4n) is 1.86. The standard InChI is InChI=1S/C16H24N2O5S/c1-6-16(5,14(20)21)17-13(19)11-7-9-12(10-8-11)24(22,23)18-15(2,3)4/h7-10,18H,6H2,1-5H3,(H,17,19)(H,20,21). The number of carbonyl (C=O) groups excluding carboxylic acids is 1. The summed E-state index contributed by atoms with van der Waals surface area (Å²) in [6.07, 6.45) is 0.218. The van der Waals surface area contributed by atoms with Crippen LogP contribution in [0.2, 0.25) is 0 Å². The average molecular weight is 356 g/mol. The van der Waals surface area contributed by atoms with Gasteiger partial charge < -0.3 is 10.4 Å². The van der Waals surface area contributed by atoms with Gasteiger partial charge in [0.25, 0.3) is 5.91 Å². The minimum absolute atomic E-state index is 0.0328. The summed E-state index contributed by atoms with van der Waals surface area (Å²) < 4.78 is 26.9. The third kappa shape index (κ3) is 5.04. The molecule has 24 heavy (non-hydrogen) atoms. The summed E-state index contributed by atoms with van der Waals surface area (Å²) in [4.78, 5) is 23.4. The van der Waals surface area contributed by atoms with E-state index in [4.69, 9.17) is 0 Å². The van der Waals surface area contributed by atoms with Crippen LogP contribution in [0, 0.1) is 0 Å². The van der Waals surface area contributed by atoms with Gasteiger partial charge in [0.15, 0.2) is 0 Å². The molecule has 0 radical (unpaired) electrons. The van der Waals surface area contributed by atoms with E-state index in [1.54, 1.807) is 27.7 Å². The quantitative estimate of drug-likeness (QED) is 0.719. The van der Waals surface area contributed by atoms with Gasteiger partial charge in [-0.1, -0.05) is 6.92 Å². The van der Waals surface area contributed by atoms with Crippen molar-refractivity contribution in [3.63, 3.8) is 0 Å². The smallest absolute Gasteiger partial charge is 0.329 e. The number of sulfonamides is 1. The normalized spacial score (nSPS) is 14.7. The van der Waals surface area contributed by atoms with Crippen LogP contribution in [0.1, 0.15) is 51.4 Å². The SMILES string of the molecule is CCC(C)(NC(=O)c1ccc(S(=O)(=O)NC(C)(C)C)cc1)C(=O)O. The van der Waals surface area contributed by atoms with E-state index >= 15 is 0 Å². The molecule has 1 rings (SSSR count). The molecule has 1 atom stereocenters. The van der Waals surface area contributed by atoms with Crippen LogP contribution in [0.3, 0.4) is 0 Å². The third-order valence-electron chi connectivity index (χ3n) is 3.44. The Morgan fingerprint density at radius 2 is 1.58 bits per heavy atom. The fraction of sp³-hybridized carbons (Fsp3) is 0.500. The maximum Gasteiger partial charge on any atom is 0.329 e. The highest BCUT2D eigenvalue weighted by molar-refractivity contribution is 7.89. The first-order valence-corrected chi connectivity index (χ1v) is 8.99. The van der Waals surface area contributed by atoms with Gasteiger partial charge in [-0.3, -0.25) is 4.79 Å². The molecule has 8 heteroatoms. The van der Waals surface area contributed by atoms with Crippen LogP contribution in [0.4, 0.5) is 0 Å². The fourth-order valence-corrected chi connectivity index (χ4v) is 3.28. The number of amides is 1. The molecule has 0 saturated heterocycles. The molecule has 1 aromatic carbocycles. The highest BCUT2D eigenvalue weighted by Gasteiger charge is 2.33. The second-order valence-electron chi connectivity index (χ2n) is 6.82. The molecule has 0 heterocycles. The Balaban J connectivity index is 3.00. The van der Waals surface area contributed by atoms with E-state index in [9.17, 15) is 23.1 Å². The lowest BCUT2D eigenvalue weighted by Crippen LogP contribution is -2.51. The van der Waals surface area contributed by atoms with Crippen molar-refractivity contribution in [3.8, 4) is 0 Å². The lowest BCUT2D eigenvalue weighted by molar-refractivity contribution is -0.143. The molecule has 0 aliphatic rings.